The van der Waals surface area contributed by atoms with Crippen molar-refractivity contribution in [1.29, 1.82) is 0 Å². The first-order valence-corrected chi connectivity index (χ1v) is 14.8. The molecule has 1 aliphatic carbocycles. The fourth-order valence-corrected chi connectivity index (χ4v) is 5.61. The van der Waals surface area contributed by atoms with Crippen LogP contribution in [-0.4, -0.2) is 83.2 Å². The molecule has 4 aromatic heterocycles. The number of benzene rings is 1. The van der Waals surface area contributed by atoms with Gasteiger partial charge in [-0.25, -0.2) is 9.97 Å². The highest BCUT2D eigenvalue weighted by molar-refractivity contribution is 6.01. The molecule has 232 valence electrons. The predicted octanol–water partition coefficient (Wildman–Crippen LogP) is 3.82. The molecular weight excluding hydrogens is 574 g/mol. The topological polar surface area (TPSA) is 132 Å². The third-order valence-corrected chi connectivity index (χ3v) is 8.28. The first-order valence-electron chi connectivity index (χ1n) is 16.3. The molecule has 1 saturated heterocycles. The van der Waals surface area contributed by atoms with Gasteiger partial charge < -0.3 is 29.3 Å². The molecule has 7 rings (SSSR count). The average Bonchev–Trinajstić information content (AvgIpc) is 3.67. The van der Waals surface area contributed by atoms with Crippen LogP contribution < -0.4 is 24.6 Å². The number of aromatic nitrogens is 6. The van der Waals surface area contributed by atoms with E-state index in [0.29, 0.717) is 66.3 Å². The van der Waals surface area contributed by atoms with Crippen molar-refractivity contribution in [2.24, 2.45) is 11.8 Å². The molecule has 0 unspecified atom stereocenters. The van der Waals surface area contributed by atoms with Crippen molar-refractivity contribution in [3.8, 4) is 23.0 Å². The Bertz CT molecular complexity index is 1980. The van der Waals surface area contributed by atoms with Crippen molar-refractivity contribution in [3.05, 3.63) is 54.2 Å². The number of morpholine rings is 1. The number of ether oxygens (including phenoxy) is 3. The van der Waals surface area contributed by atoms with Gasteiger partial charge in [-0.3, -0.25) is 4.79 Å². The Morgan fingerprint density at radius 2 is 1.93 bits per heavy atom. The van der Waals surface area contributed by atoms with Gasteiger partial charge in [0.15, 0.2) is 23.1 Å². The largest absolute Gasteiger partial charge is 0.497 e. The molecule has 1 aromatic carbocycles. The van der Waals surface area contributed by atoms with Crippen molar-refractivity contribution >= 4 is 39.8 Å². The van der Waals surface area contributed by atoms with E-state index in [1.54, 1.807) is 49.1 Å². The summed E-state index contributed by atoms with van der Waals surface area (Å²) in [6.45, 7) is 2.09. The van der Waals surface area contributed by atoms with E-state index >= 15 is 0 Å². The Kier molecular flexibility index (Phi) is 6.64. The van der Waals surface area contributed by atoms with Gasteiger partial charge in [0, 0.05) is 53.8 Å². The van der Waals surface area contributed by atoms with E-state index in [9.17, 15) is 4.79 Å². The first-order chi connectivity index (χ1) is 23.1. The summed E-state index contributed by atoms with van der Waals surface area (Å²) in [6.07, 6.45) is 2.34. The lowest BCUT2D eigenvalue weighted by molar-refractivity contribution is -0.117. The van der Waals surface area contributed by atoms with Crippen LogP contribution in [0.25, 0.3) is 27.9 Å². The average molecular weight is 613 g/mol. The Morgan fingerprint density at radius 1 is 1.13 bits per heavy atom. The maximum Gasteiger partial charge on any atom is 0.240 e. The molecule has 0 bridgehead atoms. The molecule has 13 heteroatoms. The molecule has 1 saturated carbocycles. The van der Waals surface area contributed by atoms with Crippen LogP contribution >= 0.6 is 0 Å². The van der Waals surface area contributed by atoms with Crippen LogP contribution in [0, 0.1) is 11.8 Å². The standard InChI is InChI=1S/C32H35N9O4/c1-19-15-22(19)31(42)34-26-16-23-24(17-33-30(28(23)37-36-26)39(2)18-20-5-7-21(43-3)8-6-20)29-35-27-10-9-25(32(44-4)41(27)38-29)40-11-13-45-14-12-40/h5-10,16-17,19,22H,11-15,18H2,1-4H3,(H,34,36,42)/t19-,22+/m1/s1/i2D3. The molecule has 1 aliphatic heterocycles. The minimum absolute atomic E-state index is 0.00973. The second-order valence-electron chi connectivity index (χ2n) is 11.3. The van der Waals surface area contributed by atoms with Crippen molar-refractivity contribution in [1.82, 2.24) is 29.8 Å². The van der Waals surface area contributed by atoms with Crippen LogP contribution in [0.15, 0.2) is 48.7 Å². The molecule has 2 atom stereocenters. The predicted molar refractivity (Wildman–Crippen MR) is 170 cm³/mol. The summed E-state index contributed by atoms with van der Waals surface area (Å²) < 4.78 is 43.5. The van der Waals surface area contributed by atoms with E-state index in [2.05, 4.69) is 25.4 Å². The van der Waals surface area contributed by atoms with Crippen molar-refractivity contribution in [2.75, 3.05) is 62.6 Å². The Balaban J connectivity index is 1.35. The lowest BCUT2D eigenvalue weighted by Gasteiger charge is -2.29. The van der Waals surface area contributed by atoms with Gasteiger partial charge in [-0.15, -0.1) is 15.3 Å². The third-order valence-electron chi connectivity index (χ3n) is 8.28. The maximum atomic E-state index is 12.8. The van der Waals surface area contributed by atoms with Crippen LogP contribution in [0.4, 0.5) is 17.3 Å². The number of methoxy groups -OCH3 is 2. The Morgan fingerprint density at radius 3 is 2.64 bits per heavy atom. The zero-order valence-corrected chi connectivity index (χ0v) is 25.2. The van der Waals surface area contributed by atoms with E-state index in [1.807, 2.05) is 19.1 Å². The summed E-state index contributed by atoms with van der Waals surface area (Å²) in [6, 6.07) is 12.6. The molecule has 5 aromatic rings. The second-order valence-corrected chi connectivity index (χ2v) is 11.3. The van der Waals surface area contributed by atoms with Crippen LogP contribution in [0.2, 0.25) is 0 Å². The van der Waals surface area contributed by atoms with Crippen molar-refractivity contribution in [3.63, 3.8) is 0 Å². The first kappa shape index (κ1) is 25.3. The molecule has 13 nitrogen and oxygen atoms in total. The fraction of sp³-hybridized carbons (Fsp3) is 0.375. The molecule has 2 fully saturated rings. The SMILES string of the molecule is [2H]C([2H])([2H])N(Cc1ccc(OC)cc1)c1ncc(-c2nc3ccc(N4CCOCC4)c(OC)n3n2)c2cc(NC(=O)[C@H]3C[C@H]3C)nnc12. The smallest absolute Gasteiger partial charge is 0.240 e. The van der Waals surface area contributed by atoms with E-state index in [-0.39, 0.29) is 35.5 Å². The number of rotatable bonds is 9. The van der Waals surface area contributed by atoms with E-state index in [1.165, 1.54) is 11.1 Å². The van der Waals surface area contributed by atoms with E-state index in [4.69, 9.17) is 28.4 Å². The summed E-state index contributed by atoms with van der Waals surface area (Å²) in [7, 11) is 3.16. The number of hydrogen-bond acceptors (Lipinski definition) is 11. The molecule has 2 aliphatic rings. The number of anilines is 3. The van der Waals surface area contributed by atoms with Gasteiger partial charge in [-0.05, 0) is 48.2 Å². The normalized spacial score (nSPS) is 19.1. The van der Waals surface area contributed by atoms with Crippen LogP contribution in [0.5, 0.6) is 11.6 Å². The van der Waals surface area contributed by atoms with Gasteiger partial charge in [-0.1, -0.05) is 19.1 Å². The summed E-state index contributed by atoms with van der Waals surface area (Å²) in [5.74, 6) is 1.89. The number of amides is 1. The van der Waals surface area contributed by atoms with Gasteiger partial charge in [0.1, 0.15) is 17.0 Å². The van der Waals surface area contributed by atoms with Gasteiger partial charge in [-0.2, -0.15) is 4.52 Å². The maximum absolute atomic E-state index is 12.8. The van der Waals surface area contributed by atoms with Crippen molar-refractivity contribution in [2.45, 2.75) is 19.9 Å². The highest BCUT2D eigenvalue weighted by atomic mass is 16.5. The monoisotopic (exact) mass is 612 g/mol. The molecule has 0 radical (unpaired) electrons. The quantitative estimate of drug-likeness (QED) is 0.261. The summed E-state index contributed by atoms with van der Waals surface area (Å²) in [5, 5.41) is 16.9. The molecule has 5 heterocycles. The molecule has 0 spiro atoms. The molecule has 1 amide bonds. The van der Waals surface area contributed by atoms with Crippen molar-refractivity contribution < 1.29 is 23.1 Å². The summed E-state index contributed by atoms with van der Waals surface area (Å²) in [5.41, 5.74) is 2.83. The number of hydrogen-bond donors (Lipinski definition) is 1. The number of carbonyl (C=O) groups excluding carboxylic acids is 1. The van der Waals surface area contributed by atoms with Gasteiger partial charge in [0.05, 0.1) is 27.4 Å². The van der Waals surface area contributed by atoms with E-state index < -0.39 is 6.98 Å². The van der Waals surface area contributed by atoms with Crippen LogP contribution in [-0.2, 0) is 16.1 Å². The number of nitrogens with zero attached hydrogens (tertiary/aromatic N) is 8. The lowest BCUT2D eigenvalue weighted by atomic mass is 10.1. The van der Waals surface area contributed by atoms with Crippen LogP contribution in [0.3, 0.4) is 0 Å². The second kappa shape index (κ2) is 11.8. The van der Waals surface area contributed by atoms with E-state index in [0.717, 1.165) is 17.7 Å². The number of nitrogens with one attached hydrogen (secondary N) is 1. The zero-order valence-electron chi connectivity index (χ0n) is 28.2. The highest BCUT2D eigenvalue weighted by Crippen LogP contribution is 2.39. The number of fused-ring (bicyclic) bond motifs is 2. The summed E-state index contributed by atoms with van der Waals surface area (Å²) in [4.78, 5) is 25.6. The fourth-order valence-electron chi connectivity index (χ4n) is 5.61. The lowest BCUT2D eigenvalue weighted by Crippen LogP contribution is -2.36. The molecular formula is C32H35N9O4. The Hall–Kier alpha value is -5.04. The zero-order chi connectivity index (χ0) is 33.6. The molecule has 1 N–H and O–H groups in total. The van der Waals surface area contributed by atoms with Crippen LogP contribution in [0.1, 0.15) is 23.0 Å². The number of pyridine rings is 2. The highest BCUT2D eigenvalue weighted by Gasteiger charge is 2.39. The Labute approximate surface area is 264 Å². The minimum Gasteiger partial charge on any atom is -0.497 e. The van der Waals surface area contributed by atoms with Gasteiger partial charge in [0.2, 0.25) is 11.8 Å². The molecule has 45 heavy (non-hydrogen) atoms. The van der Waals surface area contributed by atoms with Gasteiger partial charge >= 0.3 is 0 Å². The van der Waals surface area contributed by atoms with Gasteiger partial charge in [0.25, 0.3) is 0 Å². The third kappa shape index (κ3) is 5.55. The number of carbonyl (C=O) groups is 1. The minimum atomic E-state index is -2.58. The summed E-state index contributed by atoms with van der Waals surface area (Å²) >= 11 is 0.